The first-order valence-electron chi connectivity index (χ1n) is 5.46. The molecule has 0 N–H and O–H groups in total. The number of Topliss-reactive ketones (excluding diaryl/α,β-unsaturated/α-hetero) is 1. The van der Waals surface area contributed by atoms with Gasteiger partial charge >= 0.3 is 0 Å². The van der Waals surface area contributed by atoms with Crippen molar-refractivity contribution in [3.8, 4) is 0 Å². The molecule has 1 atom stereocenters. The smallest absolute Gasteiger partial charge is 0.136 e. The van der Waals surface area contributed by atoms with E-state index in [1.807, 2.05) is 0 Å². The van der Waals surface area contributed by atoms with Gasteiger partial charge in [-0.1, -0.05) is 0 Å². The summed E-state index contributed by atoms with van der Waals surface area (Å²) < 4.78 is 5.52. The van der Waals surface area contributed by atoms with Gasteiger partial charge < -0.3 is 4.74 Å². The molecule has 2 rings (SSSR count). The Hall–Kier alpha value is -0.370. The first kappa shape index (κ1) is 9.20. The summed E-state index contributed by atoms with van der Waals surface area (Å²) in [7, 11) is 0. The monoisotopic (exact) mass is 182 g/mol. The highest BCUT2D eigenvalue weighted by Gasteiger charge is 2.24. The minimum Gasteiger partial charge on any atom is -0.381 e. The molecule has 0 radical (unpaired) electrons. The lowest BCUT2D eigenvalue weighted by molar-refractivity contribution is -0.121. The summed E-state index contributed by atoms with van der Waals surface area (Å²) in [6.07, 6.45) is 6.68. The van der Waals surface area contributed by atoms with Gasteiger partial charge in [-0.3, -0.25) is 4.79 Å². The molecule has 2 nitrogen and oxygen atoms in total. The van der Waals surface area contributed by atoms with Crippen LogP contribution < -0.4 is 0 Å². The Labute approximate surface area is 79.7 Å². The molecule has 0 aromatic heterocycles. The SMILES string of the molecule is O=C1CCCC1CCOCC1CC1. The van der Waals surface area contributed by atoms with Crippen LogP contribution in [0.5, 0.6) is 0 Å². The van der Waals surface area contributed by atoms with Gasteiger partial charge in [-0.25, -0.2) is 0 Å². The molecule has 74 valence electrons. The highest BCUT2D eigenvalue weighted by Crippen LogP contribution is 2.29. The maximum atomic E-state index is 11.3. The Morgan fingerprint density at radius 3 is 2.77 bits per heavy atom. The summed E-state index contributed by atoms with van der Waals surface area (Å²) in [5, 5.41) is 0. The average Bonchev–Trinajstić information content (AvgIpc) is 2.86. The summed E-state index contributed by atoms with van der Waals surface area (Å²) >= 11 is 0. The molecule has 2 fully saturated rings. The van der Waals surface area contributed by atoms with E-state index in [1.165, 1.54) is 12.8 Å². The van der Waals surface area contributed by atoms with Crippen LogP contribution in [-0.4, -0.2) is 19.0 Å². The Kier molecular flexibility index (Phi) is 2.99. The average molecular weight is 182 g/mol. The minimum atomic E-state index is 0.333. The Morgan fingerprint density at radius 2 is 2.15 bits per heavy atom. The van der Waals surface area contributed by atoms with Crippen LogP contribution in [0, 0.1) is 11.8 Å². The Bertz CT molecular complexity index is 185. The second-order valence-electron chi connectivity index (χ2n) is 4.36. The van der Waals surface area contributed by atoms with Crippen LogP contribution in [0.25, 0.3) is 0 Å². The first-order chi connectivity index (χ1) is 6.36. The lowest BCUT2D eigenvalue weighted by Gasteiger charge is -2.07. The first-order valence-corrected chi connectivity index (χ1v) is 5.46. The molecule has 2 aliphatic carbocycles. The summed E-state index contributed by atoms with van der Waals surface area (Å²) in [6.45, 7) is 1.73. The fraction of sp³-hybridized carbons (Fsp3) is 0.909. The molecule has 0 bridgehead atoms. The van der Waals surface area contributed by atoms with Crippen molar-refractivity contribution >= 4 is 5.78 Å². The molecule has 0 saturated heterocycles. The van der Waals surface area contributed by atoms with E-state index in [2.05, 4.69) is 0 Å². The summed E-state index contributed by atoms with van der Waals surface area (Å²) in [4.78, 5) is 11.3. The van der Waals surface area contributed by atoms with Crippen molar-refractivity contribution in [1.29, 1.82) is 0 Å². The Morgan fingerprint density at radius 1 is 1.31 bits per heavy atom. The predicted octanol–water partition coefficient (Wildman–Crippen LogP) is 2.17. The molecule has 2 saturated carbocycles. The van der Waals surface area contributed by atoms with Gasteiger partial charge in [0, 0.05) is 25.6 Å². The molecule has 13 heavy (non-hydrogen) atoms. The van der Waals surface area contributed by atoms with E-state index >= 15 is 0 Å². The zero-order chi connectivity index (χ0) is 9.10. The third kappa shape index (κ3) is 2.80. The minimum absolute atomic E-state index is 0.333. The number of ketones is 1. The van der Waals surface area contributed by atoms with E-state index in [9.17, 15) is 4.79 Å². The second-order valence-corrected chi connectivity index (χ2v) is 4.36. The standard InChI is InChI=1S/C11H18O2/c12-11-3-1-2-10(11)6-7-13-8-9-4-5-9/h9-10H,1-8H2. The quantitative estimate of drug-likeness (QED) is 0.609. The van der Waals surface area contributed by atoms with Crippen molar-refractivity contribution in [2.75, 3.05) is 13.2 Å². The van der Waals surface area contributed by atoms with Gasteiger partial charge in [0.05, 0.1) is 0 Å². The van der Waals surface area contributed by atoms with E-state index in [1.54, 1.807) is 0 Å². The van der Waals surface area contributed by atoms with Crippen molar-refractivity contribution < 1.29 is 9.53 Å². The fourth-order valence-electron chi connectivity index (χ4n) is 1.95. The molecule has 0 amide bonds. The highest BCUT2D eigenvalue weighted by molar-refractivity contribution is 5.82. The summed E-state index contributed by atoms with van der Waals surface area (Å²) in [6, 6.07) is 0. The van der Waals surface area contributed by atoms with E-state index in [-0.39, 0.29) is 0 Å². The molecule has 2 aliphatic rings. The molecular weight excluding hydrogens is 164 g/mol. The highest BCUT2D eigenvalue weighted by atomic mass is 16.5. The largest absolute Gasteiger partial charge is 0.381 e. The fourth-order valence-corrected chi connectivity index (χ4v) is 1.95. The summed E-state index contributed by atoms with van der Waals surface area (Å²) in [5.41, 5.74) is 0. The van der Waals surface area contributed by atoms with Gasteiger partial charge in [0.15, 0.2) is 0 Å². The van der Waals surface area contributed by atoms with Gasteiger partial charge in [-0.05, 0) is 38.0 Å². The second kappa shape index (κ2) is 4.23. The van der Waals surface area contributed by atoms with Crippen LogP contribution in [0.15, 0.2) is 0 Å². The summed E-state index contributed by atoms with van der Waals surface area (Å²) in [5.74, 6) is 1.65. The third-order valence-corrected chi connectivity index (χ3v) is 3.09. The Balaban J connectivity index is 1.53. The van der Waals surface area contributed by atoms with Gasteiger partial charge in [0.2, 0.25) is 0 Å². The number of carbonyl (C=O) groups excluding carboxylic acids is 1. The molecule has 0 aromatic carbocycles. The van der Waals surface area contributed by atoms with Gasteiger partial charge in [0.1, 0.15) is 5.78 Å². The van der Waals surface area contributed by atoms with Crippen molar-refractivity contribution in [1.82, 2.24) is 0 Å². The zero-order valence-corrected chi connectivity index (χ0v) is 8.13. The lowest BCUT2D eigenvalue weighted by atomic mass is 10.0. The number of ether oxygens (including phenoxy) is 1. The van der Waals surface area contributed by atoms with Gasteiger partial charge in [0.25, 0.3) is 0 Å². The molecule has 2 heteroatoms. The molecule has 1 unspecified atom stereocenters. The zero-order valence-electron chi connectivity index (χ0n) is 8.13. The van der Waals surface area contributed by atoms with Crippen molar-refractivity contribution in [2.45, 2.75) is 38.5 Å². The van der Waals surface area contributed by atoms with Crippen LogP contribution >= 0.6 is 0 Å². The maximum Gasteiger partial charge on any atom is 0.136 e. The maximum absolute atomic E-state index is 11.3. The van der Waals surface area contributed by atoms with Crippen molar-refractivity contribution in [2.24, 2.45) is 11.8 Å². The van der Waals surface area contributed by atoms with Gasteiger partial charge in [-0.2, -0.15) is 0 Å². The van der Waals surface area contributed by atoms with E-state index in [0.29, 0.717) is 11.7 Å². The van der Waals surface area contributed by atoms with Gasteiger partial charge in [-0.15, -0.1) is 0 Å². The number of rotatable bonds is 5. The molecule has 0 aromatic rings. The molecule has 0 spiro atoms. The van der Waals surface area contributed by atoms with Crippen molar-refractivity contribution in [3.63, 3.8) is 0 Å². The normalized spacial score (nSPS) is 28.3. The topological polar surface area (TPSA) is 26.3 Å². The van der Waals surface area contributed by atoms with Crippen LogP contribution in [0.1, 0.15) is 38.5 Å². The molecular formula is C11H18O2. The third-order valence-electron chi connectivity index (χ3n) is 3.09. The van der Waals surface area contributed by atoms with E-state index in [0.717, 1.165) is 44.8 Å². The molecule has 0 heterocycles. The van der Waals surface area contributed by atoms with Crippen LogP contribution in [0.3, 0.4) is 0 Å². The number of hydrogen-bond acceptors (Lipinski definition) is 2. The van der Waals surface area contributed by atoms with Crippen LogP contribution in [0.4, 0.5) is 0 Å². The van der Waals surface area contributed by atoms with E-state index in [4.69, 9.17) is 4.74 Å². The lowest BCUT2D eigenvalue weighted by Crippen LogP contribution is -2.10. The number of hydrogen-bond donors (Lipinski definition) is 0. The molecule has 0 aliphatic heterocycles. The number of carbonyl (C=O) groups is 1. The van der Waals surface area contributed by atoms with Crippen molar-refractivity contribution in [3.05, 3.63) is 0 Å². The predicted molar refractivity (Wildman–Crippen MR) is 50.5 cm³/mol. The van der Waals surface area contributed by atoms with Crippen LogP contribution in [-0.2, 0) is 9.53 Å². The van der Waals surface area contributed by atoms with Crippen LogP contribution in [0.2, 0.25) is 0 Å². The van der Waals surface area contributed by atoms with E-state index < -0.39 is 0 Å².